The van der Waals surface area contributed by atoms with Gasteiger partial charge in [-0.1, -0.05) is 5.16 Å². The molecule has 0 atom stereocenters. The summed E-state index contributed by atoms with van der Waals surface area (Å²) in [4.78, 5) is 2.14. The van der Waals surface area contributed by atoms with Gasteiger partial charge in [-0.2, -0.15) is 0 Å². The molecule has 0 saturated carbocycles. The predicted molar refractivity (Wildman–Crippen MR) is 47.1 cm³/mol. The molecule has 5 N–H and O–H groups in total. The van der Waals surface area contributed by atoms with Gasteiger partial charge in [0.05, 0.1) is 6.54 Å². The van der Waals surface area contributed by atoms with Crippen molar-refractivity contribution in [2.45, 2.75) is 18.9 Å². The fourth-order valence-electron chi connectivity index (χ4n) is 1.37. The van der Waals surface area contributed by atoms with E-state index in [1.807, 2.05) is 0 Å². The molecule has 12 heavy (non-hydrogen) atoms. The summed E-state index contributed by atoms with van der Waals surface area (Å²) in [5.74, 6) is 0.269. The Kier molecular flexibility index (Phi) is 3.31. The van der Waals surface area contributed by atoms with Crippen molar-refractivity contribution in [2.24, 2.45) is 16.6 Å². The van der Waals surface area contributed by atoms with Crippen molar-refractivity contribution >= 4 is 5.84 Å². The molecular weight excluding hydrogens is 156 g/mol. The Morgan fingerprint density at radius 2 is 2.08 bits per heavy atom. The predicted octanol–water partition coefficient (Wildman–Crippen LogP) is -0.844. The van der Waals surface area contributed by atoms with Crippen LogP contribution in [0.4, 0.5) is 0 Å². The number of likely N-dealkylation sites (tertiary alicyclic amines) is 1. The monoisotopic (exact) mass is 172 g/mol. The van der Waals surface area contributed by atoms with Gasteiger partial charge in [0.1, 0.15) is 0 Å². The van der Waals surface area contributed by atoms with Gasteiger partial charge < -0.3 is 16.7 Å². The largest absolute Gasteiger partial charge is 0.409 e. The number of oxime groups is 1. The SMILES string of the molecule is N/C(CN1CCC(N)CC1)=N\O. The molecule has 0 aromatic heterocycles. The van der Waals surface area contributed by atoms with E-state index in [-0.39, 0.29) is 5.84 Å². The standard InChI is InChI=1S/C7H16N4O/c8-6-1-3-11(4-2-6)5-7(9)10-12/h6,12H,1-5,8H2,(H2,9,10). The lowest BCUT2D eigenvalue weighted by Gasteiger charge is -2.29. The second kappa shape index (κ2) is 4.27. The number of nitrogens with two attached hydrogens (primary N) is 2. The molecule has 0 amide bonds. The zero-order valence-corrected chi connectivity index (χ0v) is 7.11. The Morgan fingerprint density at radius 1 is 1.50 bits per heavy atom. The molecule has 1 heterocycles. The van der Waals surface area contributed by atoms with E-state index in [1.54, 1.807) is 0 Å². The lowest BCUT2D eigenvalue weighted by atomic mass is 10.1. The third kappa shape index (κ3) is 2.67. The van der Waals surface area contributed by atoms with Crippen molar-refractivity contribution in [1.82, 2.24) is 4.90 Å². The van der Waals surface area contributed by atoms with Gasteiger partial charge in [0.2, 0.25) is 0 Å². The van der Waals surface area contributed by atoms with Crippen molar-refractivity contribution < 1.29 is 5.21 Å². The fraction of sp³-hybridized carbons (Fsp3) is 0.857. The molecule has 0 aromatic carbocycles. The fourth-order valence-corrected chi connectivity index (χ4v) is 1.37. The summed E-state index contributed by atoms with van der Waals surface area (Å²) in [7, 11) is 0. The van der Waals surface area contributed by atoms with Crippen LogP contribution >= 0.6 is 0 Å². The molecular formula is C7H16N4O. The maximum absolute atomic E-state index is 8.33. The van der Waals surface area contributed by atoms with E-state index in [9.17, 15) is 0 Å². The maximum atomic E-state index is 8.33. The van der Waals surface area contributed by atoms with Crippen molar-refractivity contribution in [3.05, 3.63) is 0 Å². The quantitative estimate of drug-likeness (QED) is 0.219. The minimum atomic E-state index is 0.269. The molecule has 0 aliphatic carbocycles. The lowest BCUT2D eigenvalue weighted by Crippen LogP contribution is -2.43. The van der Waals surface area contributed by atoms with Crippen LogP contribution in [0, 0.1) is 0 Å². The van der Waals surface area contributed by atoms with E-state index < -0.39 is 0 Å². The summed E-state index contributed by atoms with van der Waals surface area (Å²) in [5, 5.41) is 11.3. The topological polar surface area (TPSA) is 87.9 Å². The highest BCUT2D eigenvalue weighted by Gasteiger charge is 2.16. The van der Waals surface area contributed by atoms with Crippen LogP contribution < -0.4 is 11.5 Å². The van der Waals surface area contributed by atoms with Gasteiger partial charge in [0.15, 0.2) is 5.84 Å². The van der Waals surface area contributed by atoms with Gasteiger partial charge in [-0.25, -0.2) is 0 Å². The Bertz CT molecular complexity index is 163. The Balaban J connectivity index is 2.26. The second-order valence-corrected chi connectivity index (χ2v) is 3.20. The average Bonchev–Trinajstić information content (AvgIpc) is 2.09. The summed E-state index contributed by atoms with van der Waals surface area (Å²) >= 11 is 0. The van der Waals surface area contributed by atoms with Crippen molar-refractivity contribution in [2.75, 3.05) is 19.6 Å². The van der Waals surface area contributed by atoms with Crippen molar-refractivity contribution in [3.8, 4) is 0 Å². The first-order valence-corrected chi connectivity index (χ1v) is 4.16. The normalized spacial score (nSPS) is 22.9. The third-order valence-corrected chi connectivity index (χ3v) is 2.15. The summed E-state index contributed by atoms with van der Waals surface area (Å²) in [6.45, 7) is 2.43. The number of rotatable bonds is 2. The molecule has 1 aliphatic rings. The highest BCUT2D eigenvalue weighted by atomic mass is 16.4. The van der Waals surface area contributed by atoms with Crippen LogP contribution in [0.1, 0.15) is 12.8 Å². The lowest BCUT2D eigenvalue weighted by molar-refractivity contribution is 0.235. The van der Waals surface area contributed by atoms with Gasteiger partial charge in [-0.05, 0) is 12.8 Å². The minimum absolute atomic E-state index is 0.269. The third-order valence-electron chi connectivity index (χ3n) is 2.15. The number of hydrogen-bond acceptors (Lipinski definition) is 4. The summed E-state index contributed by atoms with van der Waals surface area (Å²) in [6, 6.07) is 0.327. The van der Waals surface area contributed by atoms with Crippen LogP contribution in [0.5, 0.6) is 0 Å². The molecule has 1 rings (SSSR count). The molecule has 0 spiro atoms. The molecule has 0 aromatic rings. The van der Waals surface area contributed by atoms with Gasteiger partial charge in [0, 0.05) is 19.1 Å². The molecule has 70 valence electrons. The van der Waals surface area contributed by atoms with Gasteiger partial charge >= 0.3 is 0 Å². The van der Waals surface area contributed by atoms with Crippen LogP contribution in [-0.4, -0.2) is 41.6 Å². The Labute approximate surface area is 72.0 Å². The highest BCUT2D eigenvalue weighted by Crippen LogP contribution is 2.06. The maximum Gasteiger partial charge on any atom is 0.153 e. The molecule has 0 radical (unpaired) electrons. The van der Waals surface area contributed by atoms with Crippen LogP contribution in [0.3, 0.4) is 0 Å². The van der Waals surface area contributed by atoms with E-state index in [0.717, 1.165) is 25.9 Å². The van der Waals surface area contributed by atoms with E-state index in [1.165, 1.54) is 0 Å². The van der Waals surface area contributed by atoms with Crippen molar-refractivity contribution in [1.29, 1.82) is 0 Å². The summed E-state index contributed by atoms with van der Waals surface area (Å²) < 4.78 is 0. The van der Waals surface area contributed by atoms with Crippen LogP contribution in [0.2, 0.25) is 0 Å². The number of nitrogens with zero attached hydrogens (tertiary/aromatic N) is 2. The van der Waals surface area contributed by atoms with E-state index in [0.29, 0.717) is 12.6 Å². The van der Waals surface area contributed by atoms with Gasteiger partial charge in [-0.15, -0.1) is 0 Å². The molecule has 1 fully saturated rings. The number of amidine groups is 1. The smallest absolute Gasteiger partial charge is 0.153 e. The van der Waals surface area contributed by atoms with Crippen LogP contribution in [-0.2, 0) is 0 Å². The zero-order chi connectivity index (χ0) is 8.97. The van der Waals surface area contributed by atoms with E-state index >= 15 is 0 Å². The molecule has 0 unspecified atom stereocenters. The molecule has 5 heteroatoms. The second-order valence-electron chi connectivity index (χ2n) is 3.20. The first-order chi connectivity index (χ1) is 5.72. The number of piperidine rings is 1. The highest BCUT2D eigenvalue weighted by molar-refractivity contribution is 5.81. The van der Waals surface area contributed by atoms with Crippen LogP contribution in [0.25, 0.3) is 0 Å². The zero-order valence-electron chi connectivity index (χ0n) is 7.11. The first-order valence-electron chi connectivity index (χ1n) is 4.16. The molecule has 1 saturated heterocycles. The number of hydrogen-bond donors (Lipinski definition) is 3. The Hall–Kier alpha value is -0.810. The first kappa shape index (κ1) is 9.28. The van der Waals surface area contributed by atoms with E-state index in [4.69, 9.17) is 16.7 Å². The minimum Gasteiger partial charge on any atom is -0.409 e. The molecule has 0 bridgehead atoms. The molecule has 5 nitrogen and oxygen atoms in total. The average molecular weight is 172 g/mol. The van der Waals surface area contributed by atoms with Crippen molar-refractivity contribution in [3.63, 3.8) is 0 Å². The summed E-state index contributed by atoms with van der Waals surface area (Å²) in [6.07, 6.45) is 2.00. The molecule has 1 aliphatic heterocycles. The van der Waals surface area contributed by atoms with Gasteiger partial charge in [0.25, 0.3) is 0 Å². The van der Waals surface area contributed by atoms with Gasteiger partial charge in [-0.3, -0.25) is 4.90 Å². The van der Waals surface area contributed by atoms with Crippen LogP contribution in [0.15, 0.2) is 5.16 Å². The summed E-state index contributed by atoms with van der Waals surface area (Å²) in [5.41, 5.74) is 11.1. The Morgan fingerprint density at radius 3 is 2.58 bits per heavy atom. The van der Waals surface area contributed by atoms with E-state index in [2.05, 4.69) is 10.1 Å².